The van der Waals surface area contributed by atoms with E-state index in [0.29, 0.717) is 5.56 Å². The molecule has 0 unspecified atom stereocenters. The molecule has 2 N–H and O–H groups in total. The number of rotatable bonds is 7. The molecule has 0 radical (unpaired) electrons. The van der Waals surface area contributed by atoms with Gasteiger partial charge in [-0.15, -0.1) is 12.4 Å². The van der Waals surface area contributed by atoms with Crippen LogP contribution in [0.4, 0.5) is 0 Å². The van der Waals surface area contributed by atoms with Gasteiger partial charge in [0, 0.05) is 6.04 Å². The first kappa shape index (κ1) is 20.9. The molecule has 142 valence electrons. The molecule has 3 rings (SSSR count). The Morgan fingerprint density at radius 3 is 2.52 bits per heavy atom. The molecule has 0 fully saturated rings. The first-order valence-electron chi connectivity index (χ1n) is 9.10. The highest BCUT2D eigenvalue weighted by Gasteiger charge is 2.12. The van der Waals surface area contributed by atoms with Crippen LogP contribution in [0.1, 0.15) is 46.4 Å². The number of carbonyl (C=O) groups is 1. The van der Waals surface area contributed by atoms with Crippen molar-refractivity contribution in [2.75, 3.05) is 6.54 Å². The number of carboxylic acids is 1. The third kappa shape index (κ3) is 4.88. The second kappa shape index (κ2) is 9.54. The van der Waals surface area contributed by atoms with Gasteiger partial charge in [0.1, 0.15) is 0 Å². The zero-order valence-electron chi connectivity index (χ0n) is 15.7. The summed E-state index contributed by atoms with van der Waals surface area (Å²) in [5, 5.41) is 15.5. The largest absolute Gasteiger partial charge is 0.478 e. The van der Waals surface area contributed by atoms with Gasteiger partial charge in [-0.25, -0.2) is 4.79 Å². The fourth-order valence-corrected chi connectivity index (χ4v) is 3.56. The van der Waals surface area contributed by atoms with E-state index in [1.54, 1.807) is 6.07 Å². The standard InChI is InChI=1S/C23H25NO2.ClH/c1-16-8-5-13-22(23(25)26)19(16)14-7-15-24-17(2)20-12-6-10-18-9-3-4-11-21(18)20;/h3-6,8-13,17,24H,7,14-15H2,1-2H3,(H,25,26);1H/t17-;/m1./s1. The van der Waals surface area contributed by atoms with E-state index < -0.39 is 5.97 Å². The van der Waals surface area contributed by atoms with Gasteiger partial charge in [0.05, 0.1) is 5.56 Å². The Bertz CT molecular complexity index is 918. The van der Waals surface area contributed by atoms with Gasteiger partial charge in [0.2, 0.25) is 0 Å². The number of nitrogens with one attached hydrogen (secondary N) is 1. The van der Waals surface area contributed by atoms with Gasteiger partial charge in [0.25, 0.3) is 0 Å². The molecule has 0 aliphatic heterocycles. The molecule has 3 aromatic rings. The van der Waals surface area contributed by atoms with E-state index in [9.17, 15) is 9.90 Å². The highest BCUT2D eigenvalue weighted by molar-refractivity contribution is 5.89. The molecule has 0 heterocycles. The minimum Gasteiger partial charge on any atom is -0.478 e. The summed E-state index contributed by atoms with van der Waals surface area (Å²) in [6.45, 7) is 5.00. The lowest BCUT2D eigenvalue weighted by Crippen LogP contribution is -2.21. The van der Waals surface area contributed by atoms with E-state index in [0.717, 1.165) is 30.5 Å². The maximum Gasteiger partial charge on any atom is 0.335 e. The zero-order chi connectivity index (χ0) is 18.5. The number of carboxylic acid groups (broad SMARTS) is 1. The number of aryl methyl sites for hydroxylation is 1. The summed E-state index contributed by atoms with van der Waals surface area (Å²) in [5.74, 6) is -0.846. The van der Waals surface area contributed by atoms with Crippen molar-refractivity contribution in [2.45, 2.75) is 32.7 Å². The van der Waals surface area contributed by atoms with E-state index in [1.807, 2.05) is 19.1 Å². The summed E-state index contributed by atoms with van der Waals surface area (Å²) in [7, 11) is 0. The molecule has 0 amide bonds. The number of hydrogen-bond acceptors (Lipinski definition) is 2. The lowest BCUT2D eigenvalue weighted by molar-refractivity contribution is 0.0695. The Kier molecular flexibility index (Phi) is 7.40. The van der Waals surface area contributed by atoms with Crippen molar-refractivity contribution in [3.8, 4) is 0 Å². The molecule has 27 heavy (non-hydrogen) atoms. The average Bonchev–Trinajstić information content (AvgIpc) is 2.65. The van der Waals surface area contributed by atoms with Gasteiger partial charge in [-0.2, -0.15) is 0 Å². The topological polar surface area (TPSA) is 49.3 Å². The highest BCUT2D eigenvalue weighted by atomic mass is 35.5. The summed E-state index contributed by atoms with van der Waals surface area (Å²) in [5.41, 5.74) is 3.71. The van der Waals surface area contributed by atoms with Crippen molar-refractivity contribution in [2.24, 2.45) is 0 Å². The van der Waals surface area contributed by atoms with Gasteiger partial charge < -0.3 is 10.4 Å². The number of halogens is 1. The van der Waals surface area contributed by atoms with Crippen LogP contribution in [0.5, 0.6) is 0 Å². The van der Waals surface area contributed by atoms with Gasteiger partial charge in [-0.1, -0.05) is 54.6 Å². The zero-order valence-corrected chi connectivity index (χ0v) is 16.6. The van der Waals surface area contributed by atoms with Crippen LogP contribution in [0, 0.1) is 6.92 Å². The van der Waals surface area contributed by atoms with Crippen LogP contribution < -0.4 is 5.32 Å². The van der Waals surface area contributed by atoms with Gasteiger partial charge in [-0.3, -0.25) is 0 Å². The van der Waals surface area contributed by atoms with Crippen LogP contribution in [0.15, 0.2) is 60.7 Å². The Labute approximate surface area is 166 Å². The Morgan fingerprint density at radius 1 is 1.04 bits per heavy atom. The second-order valence-corrected chi connectivity index (χ2v) is 6.75. The van der Waals surface area contributed by atoms with Crippen molar-refractivity contribution >= 4 is 29.1 Å². The number of hydrogen-bond donors (Lipinski definition) is 2. The van der Waals surface area contributed by atoms with E-state index in [-0.39, 0.29) is 18.4 Å². The lowest BCUT2D eigenvalue weighted by Gasteiger charge is -2.17. The minimum absolute atomic E-state index is 0. The molecule has 0 saturated heterocycles. The molecule has 4 heteroatoms. The van der Waals surface area contributed by atoms with Crippen molar-refractivity contribution < 1.29 is 9.90 Å². The molecule has 0 aromatic heterocycles. The molecule has 0 saturated carbocycles. The molecule has 0 aliphatic carbocycles. The summed E-state index contributed by atoms with van der Waals surface area (Å²) in [6.07, 6.45) is 1.67. The number of benzene rings is 3. The molecular weight excluding hydrogens is 358 g/mol. The van der Waals surface area contributed by atoms with Crippen molar-refractivity contribution in [1.29, 1.82) is 0 Å². The molecular formula is C23H26ClNO2. The van der Waals surface area contributed by atoms with Crippen molar-refractivity contribution in [1.82, 2.24) is 5.32 Å². The summed E-state index contributed by atoms with van der Waals surface area (Å²) >= 11 is 0. The van der Waals surface area contributed by atoms with Crippen LogP contribution in [-0.4, -0.2) is 17.6 Å². The van der Waals surface area contributed by atoms with E-state index in [2.05, 4.69) is 54.7 Å². The maximum absolute atomic E-state index is 11.4. The van der Waals surface area contributed by atoms with E-state index in [1.165, 1.54) is 16.3 Å². The monoisotopic (exact) mass is 383 g/mol. The van der Waals surface area contributed by atoms with Gasteiger partial charge >= 0.3 is 5.97 Å². The van der Waals surface area contributed by atoms with Gasteiger partial charge in [-0.05, 0) is 66.8 Å². The van der Waals surface area contributed by atoms with Crippen LogP contribution in [0.2, 0.25) is 0 Å². The van der Waals surface area contributed by atoms with Crippen LogP contribution in [0.25, 0.3) is 10.8 Å². The quantitative estimate of drug-likeness (QED) is 0.526. The van der Waals surface area contributed by atoms with E-state index >= 15 is 0 Å². The lowest BCUT2D eigenvalue weighted by atomic mass is 9.97. The smallest absolute Gasteiger partial charge is 0.335 e. The first-order valence-corrected chi connectivity index (χ1v) is 9.10. The van der Waals surface area contributed by atoms with Crippen LogP contribution in [-0.2, 0) is 6.42 Å². The molecule has 0 spiro atoms. The van der Waals surface area contributed by atoms with Gasteiger partial charge in [0.15, 0.2) is 0 Å². The molecule has 0 aliphatic rings. The predicted molar refractivity (Wildman–Crippen MR) is 114 cm³/mol. The van der Waals surface area contributed by atoms with Crippen LogP contribution in [0.3, 0.4) is 0 Å². The Balaban J connectivity index is 0.00000261. The summed E-state index contributed by atoms with van der Waals surface area (Å²) < 4.78 is 0. The molecule has 3 aromatic carbocycles. The average molecular weight is 384 g/mol. The third-order valence-corrected chi connectivity index (χ3v) is 4.98. The third-order valence-electron chi connectivity index (χ3n) is 4.98. The fraction of sp³-hybridized carbons (Fsp3) is 0.261. The number of fused-ring (bicyclic) bond motifs is 1. The normalized spacial score (nSPS) is 11.8. The highest BCUT2D eigenvalue weighted by Crippen LogP contribution is 2.24. The second-order valence-electron chi connectivity index (χ2n) is 6.75. The SMILES string of the molecule is Cc1cccc(C(=O)O)c1CCCN[C@H](C)c1cccc2ccccc12.Cl. The Hall–Kier alpha value is -2.36. The Morgan fingerprint density at radius 2 is 1.74 bits per heavy atom. The summed E-state index contributed by atoms with van der Waals surface area (Å²) in [6, 6.07) is 20.6. The van der Waals surface area contributed by atoms with E-state index in [4.69, 9.17) is 0 Å². The molecule has 3 nitrogen and oxygen atoms in total. The molecule has 0 bridgehead atoms. The van der Waals surface area contributed by atoms with Crippen LogP contribution >= 0.6 is 12.4 Å². The molecule has 1 atom stereocenters. The fourth-order valence-electron chi connectivity index (χ4n) is 3.56. The predicted octanol–water partition coefficient (Wildman–Crippen LogP) is 5.55. The van der Waals surface area contributed by atoms with Crippen molar-refractivity contribution in [3.05, 3.63) is 82.9 Å². The maximum atomic E-state index is 11.4. The van der Waals surface area contributed by atoms with Crippen molar-refractivity contribution in [3.63, 3.8) is 0 Å². The summed E-state index contributed by atoms with van der Waals surface area (Å²) in [4.78, 5) is 11.4. The number of aromatic carboxylic acids is 1. The first-order chi connectivity index (χ1) is 12.6. The minimum atomic E-state index is -0.846.